The SMILES string of the molecule is CCC(=O)Nc1cccc(C(=O)N2CCO[C@H](c3cccs3)C2)c1. The molecule has 1 aliphatic rings. The largest absolute Gasteiger partial charge is 0.369 e. The number of nitrogens with zero attached hydrogens (tertiary/aromatic N) is 1. The summed E-state index contributed by atoms with van der Waals surface area (Å²) in [7, 11) is 0. The lowest BCUT2D eigenvalue weighted by Gasteiger charge is -2.32. The minimum atomic E-state index is -0.0660. The van der Waals surface area contributed by atoms with E-state index in [1.165, 1.54) is 0 Å². The van der Waals surface area contributed by atoms with Gasteiger partial charge in [-0.3, -0.25) is 9.59 Å². The van der Waals surface area contributed by atoms with Crippen molar-refractivity contribution in [2.75, 3.05) is 25.0 Å². The first-order valence-electron chi connectivity index (χ1n) is 8.01. The Hall–Kier alpha value is -2.18. The van der Waals surface area contributed by atoms with Gasteiger partial charge in [-0.05, 0) is 29.6 Å². The summed E-state index contributed by atoms with van der Waals surface area (Å²) in [5.41, 5.74) is 1.23. The zero-order chi connectivity index (χ0) is 16.9. The van der Waals surface area contributed by atoms with Gasteiger partial charge in [0.2, 0.25) is 5.91 Å². The van der Waals surface area contributed by atoms with Gasteiger partial charge in [-0.2, -0.15) is 0 Å². The van der Waals surface area contributed by atoms with Crippen molar-refractivity contribution in [2.24, 2.45) is 0 Å². The molecule has 6 heteroatoms. The van der Waals surface area contributed by atoms with Crippen molar-refractivity contribution >= 4 is 28.8 Å². The van der Waals surface area contributed by atoms with Crippen molar-refractivity contribution in [3.63, 3.8) is 0 Å². The molecular formula is C18H20N2O3S. The van der Waals surface area contributed by atoms with Crippen LogP contribution in [0.2, 0.25) is 0 Å². The van der Waals surface area contributed by atoms with E-state index in [1.807, 2.05) is 22.4 Å². The van der Waals surface area contributed by atoms with Gasteiger partial charge in [0.05, 0.1) is 13.2 Å². The smallest absolute Gasteiger partial charge is 0.254 e. The second-order valence-electron chi connectivity index (χ2n) is 5.61. The molecule has 1 fully saturated rings. The van der Waals surface area contributed by atoms with Gasteiger partial charge < -0.3 is 15.0 Å². The van der Waals surface area contributed by atoms with E-state index in [1.54, 1.807) is 42.5 Å². The maximum atomic E-state index is 12.8. The Balaban J connectivity index is 1.71. The molecule has 1 aromatic heterocycles. The summed E-state index contributed by atoms with van der Waals surface area (Å²) in [6, 6.07) is 11.1. The maximum Gasteiger partial charge on any atom is 0.254 e. The number of rotatable bonds is 4. The quantitative estimate of drug-likeness (QED) is 0.926. The summed E-state index contributed by atoms with van der Waals surface area (Å²) in [4.78, 5) is 27.2. The molecule has 2 heterocycles. The Bertz CT molecular complexity index is 715. The van der Waals surface area contributed by atoms with E-state index in [2.05, 4.69) is 5.32 Å². The topological polar surface area (TPSA) is 58.6 Å². The van der Waals surface area contributed by atoms with Gasteiger partial charge in [0.15, 0.2) is 0 Å². The molecule has 1 saturated heterocycles. The molecule has 2 aromatic rings. The van der Waals surface area contributed by atoms with Gasteiger partial charge in [0.1, 0.15) is 6.10 Å². The second-order valence-corrected chi connectivity index (χ2v) is 6.59. The van der Waals surface area contributed by atoms with Crippen LogP contribution >= 0.6 is 11.3 Å². The van der Waals surface area contributed by atoms with Gasteiger partial charge in [0, 0.05) is 29.1 Å². The summed E-state index contributed by atoms with van der Waals surface area (Å²) in [6.07, 6.45) is 0.343. The Morgan fingerprint density at radius 2 is 2.21 bits per heavy atom. The number of anilines is 1. The van der Waals surface area contributed by atoms with E-state index in [0.717, 1.165) is 4.88 Å². The number of benzene rings is 1. The van der Waals surface area contributed by atoms with Crippen LogP contribution in [0.4, 0.5) is 5.69 Å². The predicted molar refractivity (Wildman–Crippen MR) is 94.3 cm³/mol. The summed E-state index contributed by atoms with van der Waals surface area (Å²) in [5, 5.41) is 4.80. The Labute approximate surface area is 145 Å². The standard InChI is InChI=1S/C18H20N2O3S/c1-2-17(21)19-14-6-3-5-13(11-14)18(22)20-8-9-23-15(12-20)16-7-4-10-24-16/h3-7,10-11,15H,2,8-9,12H2,1H3,(H,19,21)/t15-/m0/s1. The van der Waals surface area contributed by atoms with Crippen LogP contribution in [0, 0.1) is 0 Å². The zero-order valence-electron chi connectivity index (χ0n) is 13.5. The van der Waals surface area contributed by atoms with Crippen LogP contribution in [-0.4, -0.2) is 36.4 Å². The fourth-order valence-electron chi connectivity index (χ4n) is 2.64. The van der Waals surface area contributed by atoms with Gasteiger partial charge in [0.25, 0.3) is 5.91 Å². The molecule has 0 unspecified atom stereocenters. The van der Waals surface area contributed by atoms with Crippen LogP contribution in [0.15, 0.2) is 41.8 Å². The van der Waals surface area contributed by atoms with Crippen LogP contribution in [0.5, 0.6) is 0 Å². The molecule has 5 nitrogen and oxygen atoms in total. The summed E-state index contributed by atoms with van der Waals surface area (Å²) >= 11 is 1.64. The van der Waals surface area contributed by atoms with E-state index in [9.17, 15) is 9.59 Å². The molecule has 1 aliphatic heterocycles. The number of nitrogens with one attached hydrogen (secondary N) is 1. The number of carbonyl (C=O) groups excluding carboxylic acids is 2. The molecule has 2 amide bonds. The fourth-order valence-corrected chi connectivity index (χ4v) is 3.41. The van der Waals surface area contributed by atoms with Gasteiger partial charge >= 0.3 is 0 Å². The lowest BCUT2D eigenvalue weighted by atomic mass is 10.1. The van der Waals surface area contributed by atoms with E-state index < -0.39 is 0 Å². The number of ether oxygens (including phenoxy) is 1. The van der Waals surface area contributed by atoms with Crippen LogP contribution in [0.25, 0.3) is 0 Å². The molecule has 0 bridgehead atoms. The molecule has 0 radical (unpaired) electrons. The zero-order valence-corrected chi connectivity index (χ0v) is 14.3. The van der Waals surface area contributed by atoms with Crippen LogP contribution in [0.3, 0.4) is 0 Å². The van der Waals surface area contributed by atoms with Gasteiger partial charge in [-0.1, -0.05) is 19.1 Å². The number of hydrogen-bond donors (Lipinski definition) is 1. The number of thiophene rings is 1. The Morgan fingerprint density at radius 1 is 1.33 bits per heavy atom. The molecule has 0 aliphatic carbocycles. The van der Waals surface area contributed by atoms with E-state index in [4.69, 9.17) is 4.74 Å². The van der Waals surface area contributed by atoms with Crippen molar-refractivity contribution in [3.05, 3.63) is 52.2 Å². The number of morpholine rings is 1. The molecule has 3 rings (SSSR count). The molecule has 0 spiro atoms. The van der Waals surface area contributed by atoms with Crippen molar-refractivity contribution in [1.82, 2.24) is 4.90 Å². The lowest BCUT2D eigenvalue weighted by Crippen LogP contribution is -2.42. The monoisotopic (exact) mass is 344 g/mol. The fraction of sp³-hybridized carbons (Fsp3) is 0.333. The van der Waals surface area contributed by atoms with Crippen LogP contribution < -0.4 is 5.32 Å². The average Bonchev–Trinajstić information content (AvgIpc) is 3.16. The molecule has 126 valence electrons. The van der Waals surface area contributed by atoms with E-state index >= 15 is 0 Å². The summed E-state index contributed by atoms with van der Waals surface area (Å²) in [5.74, 6) is -0.101. The third-order valence-electron chi connectivity index (χ3n) is 3.93. The third kappa shape index (κ3) is 3.83. The number of hydrogen-bond acceptors (Lipinski definition) is 4. The van der Waals surface area contributed by atoms with Crippen LogP contribution in [0.1, 0.15) is 34.7 Å². The van der Waals surface area contributed by atoms with Gasteiger partial charge in [-0.15, -0.1) is 11.3 Å². The first-order chi connectivity index (χ1) is 11.7. The van der Waals surface area contributed by atoms with Crippen LogP contribution in [-0.2, 0) is 9.53 Å². The van der Waals surface area contributed by atoms with E-state index in [-0.39, 0.29) is 17.9 Å². The second kappa shape index (κ2) is 7.59. The summed E-state index contributed by atoms with van der Waals surface area (Å²) in [6.45, 7) is 3.44. The highest BCUT2D eigenvalue weighted by molar-refractivity contribution is 7.10. The predicted octanol–water partition coefficient (Wildman–Crippen LogP) is 3.31. The van der Waals surface area contributed by atoms with Crippen molar-refractivity contribution < 1.29 is 14.3 Å². The Morgan fingerprint density at radius 3 is 2.96 bits per heavy atom. The lowest BCUT2D eigenvalue weighted by molar-refractivity contribution is -0.115. The van der Waals surface area contributed by atoms with Crippen molar-refractivity contribution in [1.29, 1.82) is 0 Å². The minimum Gasteiger partial charge on any atom is -0.369 e. The molecule has 1 N–H and O–H groups in total. The normalized spacial score (nSPS) is 17.5. The van der Waals surface area contributed by atoms with E-state index in [0.29, 0.717) is 37.4 Å². The third-order valence-corrected chi connectivity index (χ3v) is 4.89. The highest BCUT2D eigenvalue weighted by Gasteiger charge is 2.26. The molecule has 1 atom stereocenters. The summed E-state index contributed by atoms with van der Waals surface area (Å²) < 4.78 is 5.79. The average molecular weight is 344 g/mol. The number of amides is 2. The molecule has 0 saturated carbocycles. The van der Waals surface area contributed by atoms with Crippen molar-refractivity contribution in [3.8, 4) is 0 Å². The highest BCUT2D eigenvalue weighted by Crippen LogP contribution is 2.27. The first kappa shape index (κ1) is 16.7. The molecule has 24 heavy (non-hydrogen) atoms. The minimum absolute atomic E-state index is 0.0348. The van der Waals surface area contributed by atoms with Crippen molar-refractivity contribution in [2.45, 2.75) is 19.4 Å². The molecule has 1 aromatic carbocycles. The Kier molecular flexibility index (Phi) is 5.27. The maximum absolute atomic E-state index is 12.8. The number of carbonyl (C=O) groups is 2. The highest BCUT2D eigenvalue weighted by atomic mass is 32.1. The molecular weight excluding hydrogens is 324 g/mol. The first-order valence-corrected chi connectivity index (χ1v) is 8.89. The van der Waals surface area contributed by atoms with Gasteiger partial charge in [-0.25, -0.2) is 0 Å².